The molecule has 4 heteroatoms. The highest BCUT2D eigenvalue weighted by molar-refractivity contribution is 4.80. The molecule has 0 bridgehead atoms. The molecule has 0 atom stereocenters. The fourth-order valence-electron chi connectivity index (χ4n) is 1.07. The van der Waals surface area contributed by atoms with Crippen LogP contribution in [0.3, 0.4) is 0 Å². The average Bonchev–Trinajstić information content (AvgIpc) is 2.69. The van der Waals surface area contributed by atoms with Crippen LogP contribution in [0.5, 0.6) is 0 Å². The molecule has 0 saturated heterocycles. The molecule has 72 valence electrons. The monoisotopic (exact) mass is 178 g/mol. The molecule has 0 aromatic carbocycles. The van der Waals surface area contributed by atoms with Crippen LogP contribution in [0.2, 0.25) is 0 Å². The zero-order chi connectivity index (χ0) is 8.97. The summed E-state index contributed by atoms with van der Waals surface area (Å²) in [7, 11) is 1.72. The van der Waals surface area contributed by atoms with Crippen molar-refractivity contribution in [3.63, 3.8) is 0 Å². The lowest BCUT2D eigenvalue weighted by atomic mass is 10.5. The molecule has 1 saturated carbocycles. The van der Waals surface area contributed by atoms with Crippen molar-refractivity contribution in [2.75, 3.05) is 26.7 Å². The molecule has 0 amide bonds. The summed E-state index contributed by atoms with van der Waals surface area (Å²) in [6, 6.07) is 0.671. The Kier molecular flexibility index (Phi) is 3.88. The quantitative estimate of drug-likeness (QED) is 0.651. The molecule has 12 heavy (non-hydrogen) atoms. The van der Waals surface area contributed by atoms with Gasteiger partial charge in [-0.15, -0.1) is 0 Å². The van der Waals surface area contributed by atoms with Crippen LogP contribution in [0.25, 0.3) is 0 Å². The van der Waals surface area contributed by atoms with Crippen LogP contribution < -0.4 is 5.32 Å². The molecule has 0 aromatic heterocycles. The zero-order valence-electron chi connectivity index (χ0n) is 7.39. The van der Waals surface area contributed by atoms with Crippen molar-refractivity contribution < 1.29 is 8.78 Å². The summed E-state index contributed by atoms with van der Waals surface area (Å²) >= 11 is 0. The maximum absolute atomic E-state index is 11.8. The molecule has 0 radical (unpaired) electrons. The van der Waals surface area contributed by atoms with Gasteiger partial charge in [-0.2, -0.15) is 0 Å². The van der Waals surface area contributed by atoms with E-state index in [1.165, 1.54) is 12.8 Å². The fraction of sp³-hybridized carbons (Fsp3) is 1.00. The van der Waals surface area contributed by atoms with Gasteiger partial charge < -0.3 is 5.32 Å². The van der Waals surface area contributed by atoms with Gasteiger partial charge >= 0.3 is 0 Å². The minimum atomic E-state index is -2.21. The van der Waals surface area contributed by atoms with Crippen LogP contribution >= 0.6 is 0 Å². The second-order valence-corrected chi connectivity index (χ2v) is 3.38. The first-order valence-corrected chi connectivity index (χ1v) is 4.38. The molecule has 0 unspecified atom stereocenters. The molecule has 2 nitrogen and oxygen atoms in total. The molecular formula is C8H16F2N2. The van der Waals surface area contributed by atoms with Crippen molar-refractivity contribution in [2.45, 2.75) is 25.3 Å². The van der Waals surface area contributed by atoms with E-state index in [1.54, 1.807) is 11.9 Å². The Morgan fingerprint density at radius 1 is 1.50 bits per heavy atom. The third-order valence-corrected chi connectivity index (χ3v) is 1.95. The summed E-state index contributed by atoms with van der Waals surface area (Å²) in [5.41, 5.74) is 0. The van der Waals surface area contributed by atoms with Gasteiger partial charge in [0.05, 0.1) is 6.54 Å². The summed E-state index contributed by atoms with van der Waals surface area (Å²) in [6.07, 6.45) is 0.285. The van der Waals surface area contributed by atoms with Gasteiger partial charge in [0.2, 0.25) is 0 Å². The SMILES string of the molecule is CN(CCNC1CC1)CC(F)F. The normalized spacial score (nSPS) is 17.8. The summed E-state index contributed by atoms with van der Waals surface area (Å²) < 4.78 is 23.6. The van der Waals surface area contributed by atoms with Gasteiger partial charge in [-0.05, 0) is 19.9 Å². The lowest BCUT2D eigenvalue weighted by Crippen LogP contribution is -2.33. The zero-order valence-corrected chi connectivity index (χ0v) is 7.39. The van der Waals surface area contributed by atoms with Crippen molar-refractivity contribution in [1.82, 2.24) is 10.2 Å². The smallest absolute Gasteiger partial charge is 0.251 e. The molecule has 0 spiro atoms. The van der Waals surface area contributed by atoms with Crippen LogP contribution in [0.4, 0.5) is 8.78 Å². The van der Waals surface area contributed by atoms with Crippen molar-refractivity contribution in [2.24, 2.45) is 0 Å². The van der Waals surface area contributed by atoms with E-state index in [0.29, 0.717) is 12.6 Å². The lowest BCUT2D eigenvalue weighted by Gasteiger charge is -2.15. The maximum atomic E-state index is 11.8. The van der Waals surface area contributed by atoms with Crippen LogP contribution in [0.15, 0.2) is 0 Å². The van der Waals surface area contributed by atoms with E-state index in [-0.39, 0.29) is 6.54 Å². The Morgan fingerprint density at radius 2 is 2.17 bits per heavy atom. The average molecular weight is 178 g/mol. The first-order chi connectivity index (χ1) is 5.68. The van der Waals surface area contributed by atoms with E-state index in [9.17, 15) is 8.78 Å². The van der Waals surface area contributed by atoms with Crippen LogP contribution in [-0.4, -0.2) is 44.0 Å². The molecule has 1 aliphatic rings. The van der Waals surface area contributed by atoms with Crippen molar-refractivity contribution >= 4 is 0 Å². The Hall–Kier alpha value is -0.220. The summed E-state index contributed by atoms with van der Waals surface area (Å²) in [4.78, 5) is 1.65. The topological polar surface area (TPSA) is 15.3 Å². The largest absolute Gasteiger partial charge is 0.313 e. The summed E-state index contributed by atoms with van der Waals surface area (Å²) in [5.74, 6) is 0. The minimum absolute atomic E-state index is 0.119. The van der Waals surface area contributed by atoms with Crippen molar-refractivity contribution in [3.05, 3.63) is 0 Å². The Morgan fingerprint density at radius 3 is 2.67 bits per heavy atom. The number of hydrogen-bond donors (Lipinski definition) is 1. The fourth-order valence-corrected chi connectivity index (χ4v) is 1.07. The first kappa shape index (κ1) is 9.86. The van der Waals surface area contributed by atoms with Gasteiger partial charge in [-0.25, -0.2) is 8.78 Å². The Balaban J connectivity index is 1.89. The number of rotatable bonds is 6. The van der Waals surface area contributed by atoms with Crippen molar-refractivity contribution in [1.29, 1.82) is 0 Å². The number of alkyl halides is 2. The number of halogens is 2. The van der Waals surface area contributed by atoms with E-state index < -0.39 is 6.43 Å². The van der Waals surface area contributed by atoms with E-state index in [1.807, 2.05) is 0 Å². The van der Waals surface area contributed by atoms with Gasteiger partial charge in [-0.3, -0.25) is 4.90 Å². The van der Waals surface area contributed by atoms with Crippen LogP contribution in [0, 0.1) is 0 Å². The molecular weight excluding hydrogens is 162 g/mol. The molecule has 1 rings (SSSR count). The van der Waals surface area contributed by atoms with E-state index in [2.05, 4.69) is 5.32 Å². The highest BCUT2D eigenvalue weighted by Crippen LogP contribution is 2.17. The van der Waals surface area contributed by atoms with Gasteiger partial charge in [0.25, 0.3) is 6.43 Å². The van der Waals surface area contributed by atoms with E-state index >= 15 is 0 Å². The highest BCUT2D eigenvalue weighted by atomic mass is 19.3. The highest BCUT2D eigenvalue weighted by Gasteiger charge is 2.19. The summed E-state index contributed by atoms with van der Waals surface area (Å²) in [6.45, 7) is 1.42. The molecule has 0 aromatic rings. The van der Waals surface area contributed by atoms with Crippen molar-refractivity contribution in [3.8, 4) is 0 Å². The second kappa shape index (κ2) is 4.72. The summed E-state index contributed by atoms with van der Waals surface area (Å²) in [5, 5.41) is 3.27. The third kappa shape index (κ3) is 4.62. The Bertz CT molecular complexity index is 126. The molecule has 1 N–H and O–H groups in total. The number of hydrogen-bond acceptors (Lipinski definition) is 2. The molecule has 1 fully saturated rings. The number of nitrogens with one attached hydrogen (secondary N) is 1. The Labute approximate surface area is 71.9 Å². The number of likely N-dealkylation sites (N-methyl/N-ethyl adjacent to an activating group) is 1. The maximum Gasteiger partial charge on any atom is 0.251 e. The van der Waals surface area contributed by atoms with Gasteiger partial charge in [0.15, 0.2) is 0 Å². The predicted molar refractivity (Wildman–Crippen MR) is 44.5 cm³/mol. The predicted octanol–water partition coefficient (Wildman–Crippen LogP) is 0.935. The van der Waals surface area contributed by atoms with Crippen LogP contribution in [-0.2, 0) is 0 Å². The minimum Gasteiger partial charge on any atom is -0.313 e. The van der Waals surface area contributed by atoms with Gasteiger partial charge in [0.1, 0.15) is 0 Å². The van der Waals surface area contributed by atoms with Gasteiger partial charge in [0, 0.05) is 19.1 Å². The third-order valence-electron chi connectivity index (χ3n) is 1.95. The standard InChI is InChI=1S/C8H16F2N2/c1-12(6-8(9)10)5-4-11-7-2-3-7/h7-8,11H,2-6H2,1H3. The molecule has 1 aliphatic carbocycles. The number of nitrogens with zero attached hydrogens (tertiary/aromatic N) is 1. The molecule has 0 heterocycles. The molecule has 0 aliphatic heterocycles. The van der Waals surface area contributed by atoms with E-state index in [4.69, 9.17) is 0 Å². The van der Waals surface area contributed by atoms with E-state index in [0.717, 1.165) is 6.54 Å². The van der Waals surface area contributed by atoms with Crippen LogP contribution in [0.1, 0.15) is 12.8 Å². The first-order valence-electron chi connectivity index (χ1n) is 4.38. The lowest BCUT2D eigenvalue weighted by molar-refractivity contribution is 0.101. The second-order valence-electron chi connectivity index (χ2n) is 3.38. The van der Waals surface area contributed by atoms with Gasteiger partial charge in [-0.1, -0.05) is 0 Å².